The maximum absolute atomic E-state index is 12.7. The van der Waals surface area contributed by atoms with Crippen molar-refractivity contribution in [3.8, 4) is 23.0 Å². The Morgan fingerprint density at radius 3 is 2.15 bits per heavy atom. The number of hydrogen-bond acceptors (Lipinski definition) is 6. The van der Waals surface area contributed by atoms with E-state index in [4.69, 9.17) is 23.4 Å². The van der Waals surface area contributed by atoms with Gasteiger partial charge in [0, 0.05) is 16.5 Å². The number of hydrogen-bond donors (Lipinski definition) is 0. The Kier molecular flexibility index (Phi) is 8.26. The first-order valence-electron chi connectivity index (χ1n) is 11.4. The van der Waals surface area contributed by atoms with Crippen molar-refractivity contribution in [2.75, 3.05) is 21.3 Å². The van der Waals surface area contributed by atoms with Gasteiger partial charge in [-0.1, -0.05) is 26.2 Å². The highest BCUT2D eigenvalue weighted by Crippen LogP contribution is 2.38. The smallest absolute Gasteiger partial charge is 0.339 e. The molecule has 0 atom stereocenters. The number of fused-ring (bicyclic) bond motifs is 1. The average Bonchev–Trinajstić information content (AvgIpc) is 2.82. The monoisotopic (exact) mass is 454 g/mol. The lowest BCUT2D eigenvalue weighted by Gasteiger charge is -2.16. The fourth-order valence-corrected chi connectivity index (χ4v) is 4.12. The summed E-state index contributed by atoms with van der Waals surface area (Å²) >= 11 is 0. The predicted octanol–water partition coefficient (Wildman–Crippen LogP) is 6.14. The molecule has 0 saturated carbocycles. The molecule has 0 aliphatic heterocycles. The van der Waals surface area contributed by atoms with Crippen LogP contribution in [0.4, 0.5) is 0 Å². The van der Waals surface area contributed by atoms with Crippen LogP contribution < -0.4 is 24.6 Å². The van der Waals surface area contributed by atoms with Crippen LogP contribution in [-0.2, 0) is 13.0 Å². The Labute approximate surface area is 195 Å². The molecule has 0 aliphatic carbocycles. The molecule has 0 saturated heterocycles. The molecule has 0 amide bonds. The Bertz CT molecular complexity index is 1140. The molecule has 3 rings (SSSR count). The highest BCUT2D eigenvalue weighted by molar-refractivity contribution is 5.85. The number of aryl methyl sites for hydroxylation is 2. The molecule has 0 unspecified atom stereocenters. The molecule has 6 nitrogen and oxygen atoms in total. The molecule has 1 heterocycles. The fourth-order valence-electron chi connectivity index (χ4n) is 4.12. The first kappa shape index (κ1) is 24.5. The van der Waals surface area contributed by atoms with Gasteiger partial charge in [-0.05, 0) is 62.1 Å². The largest absolute Gasteiger partial charge is 0.493 e. The van der Waals surface area contributed by atoms with Gasteiger partial charge in [0.25, 0.3) is 0 Å². The summed E-state index contributed by atoms with van der Waals surface area (Å²) in [6.45, 7) is 6.39. The lowest BCUT2D eigenvalue weighted by Crippen LogP contribution is -2.11. The standard InChI is InChI=1S/C27H34O6/c1-7-8-9-10-11-21-17(2)20-12-13-22(18(3)25(20)33-27(21)28)32-16-19-14-23(29-4)26(31-6)24(15-19)30-5/h12-15H,7-11,16H2,1-6H3. The van der Waals surface area contributed by atoms with Crippen molar-refractivity contribution in [3.63, 3.8) is 0 Å². The molecule has 3 aromatic rings. The molecule has 178 valence electrons. The van der Waals surface area contributed by atoms with E-state index >= 15 is 0 Å². The number of methoxy groups -OCH3 is 3. The van der Waals surface area contributed by atoms with Gasteiger partial charge >= 0.3 is 5.63 Å². The van der Waals surface area contributed by atoms with Gasteiger partial charge in [-0.2, -0.15) is 0 Å². The normalized spacial score (nSPS) is 11.0. The van der Waals surface area contributed by atoms with Crippen molar-refractivity contribution >= 4 is 11.0 Å². The average molecular weight is 455 g/mol. The van der Waals surface area contributed by atoms with E-state index in [1.807, 2.05) is 38.1 Å². The molecule has 0 radical (unpaired) electrons. The SMILES string of the molecule is CCCCCCc1c(C)c2ccc(OCc3cc(OC)c(OC)c(OC)c3)c(C)c2oc1=O. The molecular formula is C27H34O6. The van der Waals surface area contributed by atoms with Crippen molar-refractivity contribution in [3.05, 3.63) is 56.9 Å². The maximum Gasteiger partial charge on any atom is 0.339 e. The van der Waals surface area contributed by atoms with Gasteiger partial charge in [0.2, 0.25) is 5.75 Å². The molecular weight excluding hydrogens is 420 g/mol. The lowest BCUT2D eigenvalue weighted by molar-refractivity contribution is 0.297. The number of rotatable bonds is 11. The van der Waals surface area contributed by atoms with Crippen molar-refractivity contribution < 1.29 is 23.4 Å². The molecule has 33 heavy (non-hydrogen) atoms. The summed E-state index contributed by atoms with van der Waals surface area (Å²) in [4.78, 5) is 12.7. The highest BCUT2D eigenvalue weighted by Gasteiger charge is 2.17. The van der Waals surface area contributed by atoms with E-state index in [1.54, 1.807) is 21.3 Å². The molecule has 0 aliphatic rings. The zero-order chi connectivity index (χ0) is 24.0. The van der Waals surface area contributed by atoms with Gasteiger partial charge in [-0.15, -0.1) is 0 Å². The highest BCUT2D eigenvalue weighted by atomic mass is 16.5. The van der Waals surface area contributed by atoms with Gasteiger partial charge in [-0.3, -0.25) is 0 Å². The number of benzene rings is 2. The Morgan fingerprint density at radius 2 is 1.55 bits per heavy atom. The predicted molar refractivity (Wildman–Crippen MR) is 130 cm³/mol. The topological polar surface area (TPSA) is 67.1 Å². The van der Waals surface area contributed by atoms with Gasteiger partial charge in [-0.25, -0.2) is 4.79 Å². The molecule has 0 N–H and O–H groups in total. The van der Waals surface area contributed by atoms with Crippen molar-refractivity contribution in [2.45, 2.75) is 59.5 Å². The van der Waals surface area contributed by atoms with E-state index in [2.05, 4.69) is 6.92 Å². The van der Waals surface area contributed by atoms with Crippen molar-refractivity contribution in [1.29, 1.82) is 0 Å². The molecule has 0 spiro atoms. The summed E-state index contributed by atoms with van der Waals surface area (Å²) in [5.41, 5.74) is 3.78. The Balaban J connectivity index is 1.87. The minimum atomic E-state index is -0.249. The van der Waals surface area contributed by atoms with E-state index in [-0.39, 0.29) is 5.63 Å². The second-order valence-corrected chi connectivity index (χ2v) is 8.19. The quantitative estimate of drug-likeness (QED) is 0.256. The van der Waals surface area contributed by atoms with Crippen LogP contribution in [0.2, 0.25) is 0 Å². The summed E-state index contributed by atoms with van der Waals surface area (Å²) in [6.07, 6.45) is 5.23. The summed E-state index contributed by atoms with van der Waals surface area (Å²) in [5, 5.41) is 0.956. The zero-order valence-corrected chi connectivity index (χ0v) is 20.5. The van der Waals surface area contributed by atoms with Gasteiger partial charge in [0.15, 0.2) is 11.5 Å². The van der Waals surface area contributed by atoms with Crippen LogP contribution in [0.5, 0.6) is 23.0 Å². The van der Waals surface area contributed by atoms with Gasteiger partial charge in [0.05, 0.1) is 21.3 Å². The Hall–Kier alpha value is -3.15. The van der Waals surface area contributed by atoms with Crippen LogP contribution in [0, 0.1) is 13.8 Å². The fraction of sp³-hybridized carbons (Fsp3) is 0.444. The van der Waals surface area contributed by atoms with E-state index in [9.17, 15) is 4.79 Å². The lowest BCUT2D eigenvalue weighted by atomic mass is 9.99. The first-order valence-corrected chi connectivity index (χ1v) is 11.4. The first-order chi connectivity index (χ1) is 15.9. The van der Waals surface area contributed by atoms with Crippen molar-refractivity contribution in [1.82, 2.24) is 0 Å². The minimum Gasteiger partial charge on any atom is -0.493 e. The van der Waals surface area contributed by atoms with Crippen LogP contribution in [0.1, 0.15) is 54.9 Å². The van der Waals surface area contributed by atoms with Crippen LogP contribution in [0.3, 0.4) is 0 Å². The number of ether oxygens (including phenoxy) is 4. The van der Waals surface area contributed by atoms with Crippen LogP contribution >= 0.6 is 0 Å². The van der Waals surface area contributed by atoms with Crippen molar-refractivity contribution in [2.24, 2.45) is 0 Å². The zero-order valence-electron chi connectivity index (χ0n) is 20.5. The molecule has 1 aromatic heterocycles. The third-order valence-corrected chi connectivity index (χ3v) is 6.05. The third kappa shape index (κ3) is 5.27. The Morgan fingerprint density at radius 1 is 0.848 bits per heavy atom. The molecule has 0 fully saturated rings. The van der Waals surface area contributed by atoms with Crippen LogP contribution in [0.15, 0.2) is 33.5 Å². The van der Waals surface area contributed by atoms with Crippen LogP contribution in [0.25, 0.3) is 11.0 Å². The van der Waals surface area contributed by atoms with E-state index in [0.717, 1.165) is 46.9 Å². The van der Waals surface area contributed by atoms with Gasteiger partial charge in [0.1, 0.15) is 17.9 Å². The summed E-state index contributed by atoms with van der Waals surface area (Å²) in [7, 11) is 4.73. The summed E-state index contributed by atoms with van der Waals surface area (Å²) < 4.78 is 28.1. The van der Waals surface area contributed by atoms with E-state index in [1.165, 1.54) is 12.8 Å². The maximum atomic E-state index is 12.7. The second kappa shape index (κ2) is 11.1. The second-order valence-electron chi connectivity index (χ2n) is 8.19. The summed E-state index contributed by atoms with van der Waals surface area (Å²) in [5.74, 6) is 2.33. The molecule has 6 heteroatoms. The number of unbranched alkanes of at least 4 members (excludes halogenated alkanes) is 3. The molecule has 0 bridgehead atoms. The molecule has 2 aromatic carbocycles. The minimum absolute atomic E-state index is 0.249. The van der Waals surface area contributed by atoms with Crippen LogP contribution in [-0.4, -0.2) is 21.3 Å². The summed E-state index contributed by atoms with van der Waals surface area (Å²) in [6, 6.07) is 7.61. The van der Waals surface area contributed by atoms with E-state index in [0.29, 0.717) is 35.2 Å². The van der Waals surface area contributed by atoms with E-state index < -0.39 is 0 Å². The third-order valence-electron chi connectivity index (χ3n) is 6.05. The van der Waals surface area contributed by atoms with Gasteiger partial charge < -0.3 is 23.4 Å².